The summed E-state index contributed by atoms with van der Waals surface area (Å²) in [6.07, 6.45) is 8.37. The quantitative estimate of drug-likeness (QED) is 0.611. The van der Waals surface area contributed by atoms with E-state index in [0.717, 1.165) is 44.3 Å². The van der Waals surface area contributed by atoms with Crippen molar-refractivity contribution in [2.45, 2.75) is 38.3 Å². The van der Waals surface area contributed by atoms with Gasteiger partial charge in [0, 0.05) is 45.6 Å². The Morgan fingerprint density at radius 1 is 1.35 bits per heavy atom. The molecule has 6 nitrogen and oxygen atoms in total. The van der Waals surface area contributed by atoms with Crippen molar-refractivity contribution in [1.29, 1.82) is 0 Å². The van der Waals surface area contributed by atoms with Crippen LogP contribution in [0.5, 0.6) is 0 Å². The van der Waals surface area contributed by atoms with Crippen LogP contribution in [0.3, 0.4) is 0 Å². The standard InChI is InChI=1S/C20H30N4O2/c1-23-12-5-7-17(23)16-24(2)20(21-11-10-18-9-6-14-25-18)22-15-19-8-3-4-13-26-19/h5-7,9,12,14,19H,3-4,8,10-11,13,15-16H2,1-2H3,(H,21,22). The van der Waals surface area contributed by atoms with Gasteiger partial charge in [-0.25, -0.2) is 0 Å². The van der Waals surface area contributed by atoms with Crippen LogP contribution in [0.2, 0.25) is 0 Å². The Labute approximate surface area is 155 Å². The minimum Gasteiger partial charge on any atom is -0.469 e. The number of hydrogen-bond donors (Lipinski definition) is 1. The van der Waals surface area contributed by atoms with Gasteiger partial charge in [-0.2, -0.15) is 0 Å². The van der Waals surface area contributed by atoms with Gasteiger partial charge < -0.3 is 23.9 Å². The summed E-state index contributed by atoms with van der Waals surface area (Å²) in [5.41, 5.74) is 1.25. The number of rotatable bonds is 7. The van der Waals surface area contributed by atoms with Crippen LogP contribution in [0.4, 0.5) is 0 Å². The average molecular weight is 358 g/mol. The summed E-state index contributed by atoms with van der Waals surface area (Å²) in [5.74, 6) is 1.89. The first kappa shape index (κ1) is 18.6. The third-order valence-corrected chi connectivity index (χ3v) is 4.77. The van der Waals surface area contributed by atoms with Gasteiger partial charge in [-0.3, -0.25) is 4.99 Å². The first-order valence-electron chi connectivity index (χ1n) is 9.46. The maximum Gasteiger partial charge on any atom is 0.194 e. The smallest absolute Gasteiger partial charge is 0.194 e. The molecule has 2 aromatic heterocycles. The van der Waals surface area contributed by atoms with E-state index < -0.39 is 0 Å². The van der Waals surface area contributed by atoms with Crippen LogP contribution in [0.15, 0.2) is 46.1 Å². The second-order valence-corrected chi connectivity index (χ2v) is 6.88. The molecular formula is C20H30N4O2. The molecule has 0 aromatic carbocycles. The molecule has 2 aromatic rings. The van der Waals surface area contributed by atoms with Gasteiger partial charge in [0.1, 0.15) is 5.76 Å². The largest absolute Gasteiger partial charge is 0.469 e. The number of furan rings is 1. The van der Waals surface area contributed by atoms with Crippen molar-refractivity contribution >= 4 is 5.96 Å². The molecular weight excluding hydrogens is 328 g/mol. The van der Waals surface area contributed by atoms with E-state index in [-0.39, 0.29) is 6.10 Å². The average Bonchev–Trinajstić information content (AvgIpc) is 3.31. The molecule has 1 fully saturated rings. The zero-order valence-electron chi connectivity index (χ0n) is 15.9. The number of aryl methyl sites for hydroxylation is 1. The van der Waals surface area contributed by atoms with Crippen molar-refractivity contribution in [3.05, 3.63) is 48.2 Å². The molecule has 0 amide bonds. The van der Waals surface area contributed by atoms with Crippen molar-refractivity contribution in [1.82, 2.24) is 14.8 Å². The molecule has 1 saturated heterocycles. The summed E-state index contributed by atoms with van der Waals surface area (Å²) >= 11 is 0. The predicted molar refractivity (Wildman–Crippen MR) is 103 cm³/mol. The molecule has 0 bridgehead atoms. The number of guanidine groups is 1. The van der Waals surface area contributed by atoms with Crippen LogP contribution >= 0.6 is 0 Å². The monoisotopic (exact) mass is 358 g/mol. The third kappa shape index (κ3) is 5.39. The van der Waals surface area contributed by atoms with Crippen LogP contribution in [0.25, 0.3) is 0 Å². The van der Waals surface area contributed by atoms with E-state index in [4.69, 9.17) is 14.1 Å². The maximum atomic E-state index is 5.82. The lowest BCUT2D eigenvalue weighted by molar-refractivity contribution is 0.0223. The van der Waals surface area contributed by atoms with Gasteiger partial charge in [-0.15, -0.1) is 0 Å². The molecule has 142 valence electrons. The van der Waals surface area contributed by atoms with Gasteiger partial charge in [0.2, 0.25) is 0 Å². The van der Waals surface area contributed by atoms with E-state index >= 15 is 0 Å². The fourth-order valence-electron chi connectivity index (χ4n) is 3.18. The topological polar surface area (TPSA) is 54.9 Å². The Balaban J connectivity index is 1.59. The van der Waals surface area contributed by atoms with E-state index in [1.54, 1.807) is 6.26 Å². The molecule has 3 rings (SSSR count). The first-order chi connectivity index (χ1) is 12.7. The third-order valence-electron chi connectivity index (χ3n) is 4.77. The van der Waals surface area contributed by atoms with Gasteiger partial charge in [0.15, 0.2) is 5.96 Å². The Bertz CT molecular complexity index is 672. The first-order valence-corrected chi connectivity index (χ1v) is 9.46. The van der Waals surface area contributed by atoms with Crippen molar-refractivity contribution in [3.8, 4) is 0 Å². The molecule has 1 aliphatic heterocycles. The maximum absolute atomic E-state index is 5.82. The Kier molecular flexibility index (Phi) is 6.77. The van der Waals surface area contributed by atoms with E-state index in [1.807, 2.05) is 12.1 Å². The number of nitrogens with one attached hydrogen (secondary N) is 1. The number of ether oxygens (including phenoxy) is 1. The van der Waals surface area contributed by atoms with E-state index in [2.05, 4.69) is 47.2 Å². The summed E-state index contributed by atoms with van der Waals surface area (Å²) < 4.78 is 13.4. The molecule has 26 heavy (non-hydrogen) atoms. The number of hydrogen-bond acceptors (Lipinski definition) is 3. The number of nitrogens with zero attached hydrogens (tertiary/aromatic N) is 3. The van der Waals surface area contributed by atoms with Crippen LogP contribution in [-0.4, -0.2) is 48.3 Å². The summed E-state index contributed by atoms with van der Waals surface area (Å²) in [6, 6.07) is 8.13. The fraction of sp³-hybridized carbons (Fsp3) is 0.550. The van der Waals surface area contributed by atoms with Gasteiger partial charge in [-0.1, -0.05) is 0 Å². The van der Waals surface area contributed by atoms with Crippen LogP contribution in [-0.2, 0) is 24.8 Å². The molecule has 0 aliphatic carbocycles. The van der Waals surface area contributed by atoms with Gasteiger partial charge in [0.05, 0.1) is 25.5 Å². The normalized spacial score (nSPS) is 18.1. The fourth-order valence-corrected chi connectivity index (χ4v) is 3.18. The van der Waals surface area contributed by atoms with Crippen molar-refractivity contribution in [2.75, 3.05) is 26.7 Å². The highest BCUT2D eigenvalue weighted by atomic mass is 16.5. The lowest BCUT2D eigenvalue weighted by atomic mass is 10.1. The van der Waals surface area contributed by atoms with Gasteiger partial charge >= 0.3 is 0 Å². The van der Waals surface area contributed by atoms with Crippen LogP contribution in [0, 0.1) is 0 Å². The predicted octanol–water partition coefficient (Wildman–Crippen LogP) is 2.81. The van der Waals surface area contributed by atoms with Gasteiger partial charge in [-0.05, 0) is 43.5 Å². The van der Waals surface area contributed by atoms with Crippen molar-refractivity contribution in [2.24, 2.45) is 12.0 Å². The van der Waals surface area contributed by atoms with E-state index in [0.29, 0.717) is 6.54 Å². The number of aromatic nitrogens is 1. The molecule has 6 heteroatoms. The Hall–Kier alpha value is -2.21. The minimum absolute atomic E-state index is 0.245. The molecule has 1 atom stereocenters. The molecule has 0 saturated carbocycles. The summed E-state index contributed by atoms with van der Waals surface area (Å²) in [7, 11) is 4.15. The molecule has 0 spiro atoms. The molecule has 0 radical (unpaired) electrons. The summed E-state index contributed by atoms with van der Waals surface area (Å²) in [5, 5.41) is 3.48. The highest BCUT2D eigenvalue weighted by Gasteiger charge is 2.15. The highest BCUT2D eigenvalue weighted by Crippen LogP contribution is 2.13. The molecule has 1 N–H and O–H groups in total. The molecule has 3 heterocycles. The lowest BCUT2D eigenvalue weighted by Gasteiger charge is -2.25. The number of aliphatic imine (C=N–C) groups is 1. The zero-order chi connectivity index (χ0) is 18.2. The van der Waals surface area contributed by atoms with E-state index in [1.165, 1.54) is 18.5 Å². The minimum atomic E-state index is 0.245. The van der Waals surface area contributed by atoms with Crippen molar-refractivity contribution < 1.29 is 9.15 Å². The second kappa shape index (κ2) is 9.48. The van der Waals surface area contributed by atoms with Gasteiger partial charge in [0.25, 0.3) is 0 Å². The van der Waals surface area contributed by atoms with Crippen molar-refractivity contribution in [3.63, 3.8) is 0 Å². The zero-order valence-corrected chi connectivity index (χ0v) is 15.9. The molecule has 1 unspecified atom stereocenters. The Morgan fingerprint density at radius 2 is 2.27 bits per heavy atom. The Morgan fingerprint density at radius 3 is 2.96 bits per heavy atom. The SMILES string of the molecule is CN(Cc1cccn1C)C(=NCC1CCCCO1)NCCc1ccco1. The lowest BCUT2D eigenvalue weighted by Crippen LogP contribution is -2.40. The van der Waals surface area contributed by atoms with E-state index in [9.17, 15) is 0 Å². The van der Waals surface area contributed by atoms with Crippen LogP contribution < -0.4 is 5.32 Å². The highest BCUT2D eigenvalue weighted by molar-refractivity contribution is 5.79. The molecule has 1 aliphatic rings. The summed E-state index contributed by atoms with van der Waals surface area (Å²) in [6.45, 7) is 3.16. The van der Waals surface area contributed by atoms with Crippen LogP contribution in [0.1, 0.15) is 30.7 Å². The summed E-state index contributed by atoms with van der Waals surface area (Å²) in [4.78, 5) is 7.01. The second-order valence-electron chi connectivity index (χ2n) is 6.88.